The molecule has 0 aliphatic heterocycles. The van der Waals surface area contributed by atoms with Crippen LogP contribution in [0.25, 0.3) is 0 Å². The molecule has 0 radical (unpaired) electrons. The minimum atomic E-state index is -0.495. The molecule has 6 nitrogen and oxygen atoms in total. The second kappa shape index (κ2) is 9.10. The van der Waals surface area contributed by atoms with Gasteiger partial charge in [-0.25, -0.2) is 4.79 Å². The van der Waals surface area contributed by atoms with Gasteiger partial charge in [-0.1, -0.05) is 30.3 Å². The maximum atomic E-state index is 12.1. The summed E-state index contributed by atoms with van der Waals surface area (Å²) in [6.45, 7) is 3.70. The summed E-state index contributed by atoms with van der Waals surface area (Å²) < 4.78 is 0. The van der Waals surface area contributed by atoms with Gasteiger partial charge in [-0.2, -0.15) is 0 Å². The SMILES string of the molecule is CNC(=O)NC(=O)C(C)N(CCCN)Cc1ccccc1. The zero-order valence-electron chi connectivity index (χ0n) is 12.6. The molecule has 3 amide bonds. The number of hydrogen-bond acceptors (Lipinski definition) is 4. The van der Waals surface area contributed by atoms with E-state index in [-0.39, 0.29) is 5.91 Å². The molecule has 0 heterocycles. The Bertz CT molecular complexity index is 450. The van der Waals surface area contributed by atoms with Crippen molar-refractivity contribution in [1.29, 1.82) is 0 Å². The Morgan fingerprint density at radius 1 is 1.29 bits per heavy atom. The van der Waals surface area contributed by atoms with E-state index in [4.69, 9.17) is 5.73 Å². The van der Waals surface area contributed by atoms with E-state index in [0.717, 1.165) is 12.0 Å². The third kappa shape index (κ3) is 5.93. The van der Waals surface area contributed by atoms with Gasteiger partial charge in [-0.15, -0.1) is 0 Å². The van der Waals surface area contributed by atoms with Crippen LogP contribution in [0.2, 0.25) is 0 Å². The van der Waals surface area contributed by atoms with Crippen LogP contribution in [-0.4, -0.2) is 43.0 Å². The van der Waals surface area contributed by atoms with Crippen molar-refractivity contribution in [2.75, 3.05) is 20.1 Å². The van der Waals surface area contributed by atoms with Gasteiger partial charge in [-0.3, -0.25) is 15.0 Å². The second-order valence-electron chi connectivity index (χ2n) is 4.84. The van der Waals surface area contributed by atoms with Crippen molar-refractivity contribution >= 4 is 11.9 Å². The first-order valence-electron chi connectivity index (χ1n) is 7.09. The quantitative estimate of drug-likeness (QED) is 0.690. The van der Waals surface area contributed by atoms with Crippen molar-refractivity contribution in [3.63, 3.8) is 0 Å². The van der Waals surface area contributed by atoms with Crippen molar-refractivity contribution in [2.45, 2.75) is 25.9 Å². The first-order valence-corrected chi connectivity index (χ1v) is 7.09. The fourth-order valence-corrected chi connectivity index (χ4v) is 1.97. The lowest BCUT2D eigenvalue weighted by atomic mass is 10.1. The van der Waals surface area contributed by atoms with Crippen molar-refractivity contribution < 1.29 is 9.59 Å². The number of nitrogens with one attached hydrogen (secondary N) is 2. The van der Waals surface area contributed by atoms with E-state index >= 15 is 0 Å². The highest BCUT2D eigenvalue weighted by atomic mass is 16.2. The highest BCUT2D eigenvalue weighted by Gasteiger charge is 2.22. The van der Waals surface area contributed by atoms with Crippen LogP contribution >= 0.6 is 0 Å². The maximum Gasteiger partial charge on any atom is 0.321 e. The van der Waals surface area contributed by atoms with Gasteiger partial charge in [0.25, 0.3) is 0 Å². The van der Waals surface area contributed by atoms with Gasteiger partial charge in [0.05, 0.1) is 6.04 Å². The average molecular weight is 292 g/mol. The average Bonchev–Trinajstić information content (AvgIpc) is 2.51. The van der Waals surface area contributed by atoms with Gasteiger partial charge in [-0.05, 0) is 25.5 Å². The molecule has 6 heteroatoms. The molecule has 1 aromatic carbocycles. The zero-order valence-corrected chi connectivity index (χ0v) is 12.6. The summed E-state index contributed by atoms with van der Waals surface area (Å²) >= 11 is 0. The molecule has 1 atom stereocenters. The van der Waals surface area contributed by atoms with Gasteiger partial charge in [0.2, 0.25) is 5.91 Å². The summed E-state index contributed by atoms with van der Waals surface area (Å²) in [6, 6.07) is 9.00. The van der Waals surface area contributed by atoms with E-state index in [1.165, 1.54) is 7.05 Å². The van der Waals surface area contributed by atoms with Crippen LogP contribution in [0.5, 0.6) is 0 Å². The van der Waals surface area contributed by atoms with Gasteiger partial charge in [0, 0.05) is 20.1 Å². The van der Waals surface area contributed by atoms with Crippen LogP contribution in [0.3, 0.4) is 0 Å². The van der Waals surface area contributed by atoms with E-state index in [1.54, 1.807) is 6.92 Å². The number of rotatable bonds is 7. The third-order valence-electron chi connectivity index (χ3n) is 3.27. The van der Waals surface area contributed by atoms with Gasteiger partial charge < -0.3 is 11.1 Å². The molecule has 0 saturated heterocycles. The molecule has 21 heavy (non-hydrogen) atoms. The Morgan fingerprint density at radius 3 is 2.52 bits per heavy atom. The minimum absolute atomic E-state index is 0.317. The van der Waals surface area contributed by atoms with Gasteiger partial charge in [0.15, 0.2) is 0 Å². The Morgan fingerprint density at radius 2 is 1.95 bits per heavy atom. The van der Waals surface area contributed by atoms with Crippen molar-refractivity contribution in [2.24, 2.45) is 5.73 Å². The predicted octanol–water partition coefficient (Wildman–Crippen LogP) is 0.682. The Kier molecular flexibility index (Phi) is 7.42. The molecule has 0 saturated carbocycles. The number of urea groups is 1. The molecular formula is C15H24N4O2. The molecule has 1 unspecified atom stereocenters. The fourth-order valence-electron chi connectivity index (χ4n) is 1.97. The maximum absolute atomic E-state index is 12.1. The van der Waals surface area contributed by atoms with Crippen molar-refractivity contribution in [1.82, 2.24) is 15.5 Å². The second-order valence-corrected chi connectivity index (χ2v) is 4.84. The molecule has 0 bridgehead atoms. The summed E-state index contributed by atoms with van der Waals surface area (Å²) in [5.41, 5.74) is 6.68. The number of nitrogens with zero attached hydrogens (tertiary/aromatic N) is 1. The molecule has 0 aromatic heterocycles. The van der Waals surface area contributed by atoms with E-state index < -0.39 is 12.1 Å². The van der Waals surface area contributed by atoms with Crippen LogP contribution in [0.1, 0.15) is 18.9 Å². The highest BCUT2D eigenvalue weighted by Crippen LogP contribution is 2.09. The molecule has 0 aliphatic carbocycles. The Hall–Kier alpha value is -1.92. The predicted molar refractivity (Wildman–Crippen MR) is 82.6 cm³/mol. The molecule has 0 fully saturated rings. The molecule has 1 rings (SSSR count). The molecule has 0 spiro atoms. The third-order valence-corrected chi connectivity index (χ3v) is 3.27. The first-order chi connectivity index (χ1) is 10.1. The van der Waals surface area contributed by atoms with Crippen molar-refractivity contribution in [3.8, 4) is 0 Å². The normalized spacial score (nSPS) is 12.0. The van der Waals surface area contributed by atoms with Crippen LogP contribution in [-0.2, 0) is 11.3 Å². The van der Waals surface area contributed by atoms with E-state index in [9.17, 15) is 9.59 Å². The summed E-state index contributed by atoms with van der Waals surface area (Å²) in [7, 11) is 1.48. The summed E-state index contributed by atoms with van der Waals surface area (Å²) in [6.07, 6.45) is 0.796. The number of imide groups is 1. The highest BCUT2D eigenvalue weighted by molar-refractivity contribution is 5.96. The standard InChI is InChI=1S/C15H24N4O2/c1-12(14(20)18-15(21)17-2)19(10-6-9-16)11-13-7-4-3-5-8-13/h3-5,7-8,12H,6,9-11,16H2,1-2H3,(H2,17,18,20,21). The molecule has 1 aromatic rings. The number of carbonyl (C=O) groups is 2. The van der Waals surface area contributed by atoms with Crippen LogP contribution in [0.4, 0.5) is 4.79 Å². The number of carbonyl (C=O) groups excluding carboxylic acids is 2. The lowest BCUT2D eigenvalue weighted by Gasteiger charge is -2.28. The number of hydrogen-bond donors (Lipinski definition) is 3. The van der Waals surface area contributed by atoms with Crippen LogP contribution in [0.15, 0.2) is 30.3 Å². The Balaban J connectivity index is 2.71. The van der Waals surface area contributed by atoms with Crippen LogP contribution in [0, 0.1) is 0 Å². The number of benzene rings is 1. The van der Waals surface area contributed by atoms with E-state index in [1.807, 2.05) is 35.2 Å². The first kappa shape index (κ1) is 17.1. The number of amides is 3. The summed E-state index contributed by atoms with van der Waals surface area (Å²) in [4.78, 5) is 25.3. The lowest BCUT2D eigenvalue weighted by Crippen LogP contribution is -2.49. The number of nitrogens with two attached hydrogens (primary N) is 1. The Labute approximate surface area is 125 Å². The zero-order chi connectivity index (χ0) is 15.7. The largest absolute Gasteiger partial charge is 0.341 e. The topological polar surface area (TPSA) is 87.5 Å². The lowest BCUT2D eigenvalue weighted by molar-refractivity contribution is -0.125. The van der Waals surface area contributed by atoms with Crippen molar-refractivity contribution in [3.05, 3.63) is 35.9 Å². The monoisotopic (exact) mass is 292 g/mol. The molecular weight excluding hydrogens is 268 g/mol. The van der Waals surface area contributed by atoms with Gasteiger partial charge in [0.1, 0.15) is 0 Å². The minimum Gasteiger partial charge on any atom is -0.341 e. The van der Waals surface area contributed by atoms with E-state index in [0.29, 0.717) is 19.6 Å². The molecule has 0 aliphatic rings. The molecule has 4 N–H and O–H groups in total. The fraction of sp³-hybridized carbons (Fsp3) is 0.467. The van der Waals surface area contributed by atoms with E-state index in [2.05, 4.69) is 10.6 Å². The van der Waals surface area contributed by atoms with Crippen LogP contribution < -0.4 is 16.4 Å². The summed E-state index contributed by atoms with van der Waals surface area (Å²) in [5, 5.41) is 4.68. The molecule has 116 valence electrons. The summed E-state index contributed by atoms with van der Waals surface area (Å²) in [5.74, 6) is -0.317. The van der Waals surface area contributed by atoms with Gasteiger partial charge >= 0.3 is 6.03 Å². The smallest absolute Gasteiger partial charge is 0.321 e.